The number of alkyl halides is 3. The van der Waals surface area contributed by atoms with Crippen molar-refractivity contribution in [3.05, 3.63) is 29.1 Å². The van der Waals surface area contributed by atoms with Gasteiger partial charge < -0.3 is 15.0 Å². The molecule has 1 amide bonds. The Morgan fingerprint density at radius 3 is 2.67 bits per heavy atom. The molecule has 5 nitrogen and oxygen atoms in total. The van der Waals surface area contributed by atoms with E-state index in [9.17, 15) is 18.0 Å². The molecule has 3 aliphatic rings. The largest absolute Gasteiger partial charge is 0.417 e. The van der Waals surface area contributed by atoms with E-state index >= 15 is 0 Å². The Bertz CT molecular complexity index is 775. The molecule has 0 radical (unpaired) electrons. The second-order valence-corrected chi connectivity index (χ2v) is 9.23. The molecule has 8 heteroatoms. The van der Waals surface area contributed by atoms with Gasteiger partial charge in [0.15, 0.2) is 0 Å². The van der Waals surface area contributed by atoms with Crippen LogP contribution in [0.3, 0.4) is 0 Å². The van der Waals surface area contributed by atoms with Gasteiger partial charge in [-0.1, -0.05) is 13.8 Å². The highest BCUT2D eigenvalue weighted by Gasteiger charge is 2.38. The average Bonchev–Trinajstić information content (AvgIpc) is 3.17. The molecule has 3 heterocycles. The van der Waals surface area contributed by atoms with Crippen molar-refractivity contribution in [1.82, 2.24) is 15.2 Å². The highest BCUT2D eigenvalue weighted by atomic mass is 19.4. The molecule has 1 saturated heterocycles. The van der Waals surface area contributed by atoms with Crippen LogP contribution in [0.1, 0.15) is 49.9 Å². The predicted molar refractivity (Wildman–Crippen MR) is 106 cm³/mol. The van der Waals surface area contributed by atoms with Gasteiger partial charge in [0.25, 0.3) is 0 Å². The summed E-state index contributed by atoms with van der Waals surface area (Å²) in [5.74, 6) is 0.888. The fourth-order valence-corrected chi connectivity index (χ4v) is 5.19. The first kappa shape index (κ1) is 21.6. The lowest BCUT2D eigenvalue weighted by Crippen LogP contribution is -2.50. The van der Waals surface area contributed by atoms with Crippen LogP contribution < -0.4 is 5.32 Å². The minimum absolute atomic E-state index is 0.0618. The van der Waals surface area contributed by atoms with Gasteiger partial charge in [0.2, 0.25) is 5.91 Å². The van der Waals surface area contributed by atoms with E-state index in [1.54, 1.807) is 4.90 Å². The lowest BCUT2D eigenvalue weighted by Gasteiger charge is -2.37. The number of amides is 1. The summed E-state index contributed by atoms with van der Waals surface area (Å²) in [6, 6.07) is 1.85. The number of aromatic nitrogens is 1. The summed E-state index contributed by atoms with van der Waals surface area (Å²) >= 11 is 0. The first-order chi connectivity index (χ1) is 14.2. The van der Waals surface area contributed by atoms with Crippen LogP contribution in [-0.2, 0) is 28.7 Å². The lowest BCUT2D eigenvalue weighted by molar-refractivity contribution is -0.137. The summed E-state index contributed by atoms with van der Waals surface area (Å²) in [4.78, 5) is 18.8. The third-order valence-electron chi connectivity index (χ3n) is 6.88. The summed E-state index contributed by atoms with van der Waals surface area (Å²) in [5.41, 5.74) is 0.433. The number of carbonyl (C=O) groups excluding carboxylic acids is 1. The molecule has 2 aliphatic heterocycles. The monoisotopic (exact) mass is 425 g/mol. The number of ether oxygens (including phenoxy) is 1. The van der Waals surface area contributed by atoms with Crippen molar-refractivity contribution in [2.75, 3.05) is 19.8 Å². The van der Waals surface area contributed by atoms with Crippen LogP contribution in [0.25, 0.3) is 0 Å². The third-order valence-corrected chi connectivity index (χ3v) is 6.88. The topological polar surface area (TPSA) is 54.5 Å². The van der Waals surface area contributed by atoms with Crippen molar-refractivity contribution in [2.45, 2.75) is 64.3 Å². The van der Waals surface area contributed by atoms with Crippen molar-refractivity contribution in [3.63, 3.8) is 0 Å². The predicted octanol–water partition coefficient (Wildman–Crippen LogP) is 3.41. The molecule has 1 N–H and O–H groups in total. The molecule has 2 fully saturated rings. The molecule has 1 aromatic rings. The molecule has 30 heavy (non-hydrogen) atoms. The summed E-state index contributed by atoms with van der Waals surface area (Å²) in [7, 11) is 0. The number of pyridine rings is 1. The van der Waals surface area contributed by atoms with E-state index in [0.717, 1.165) is 44.7 Å². The number of halogens is 3. The molecular formula is C22H30F3N3O2. The lowest BCUT2D eigenvalue weighted by atomic mass is 9.88. The number of rotatable bonds is 3. The maximum absolute atomic E-state index is 13.1. The van der Waals surface area contributed by atoms with Crippen LogP contribution in [-0.4, -0.2) is 47.6 Å². The standard InChI is InChI=1S/C22H30F3N3O2/c1-13-11-30-12-14(2)20(13)27-18-4-3-15(8-18)21(29)28-6-5-19-16(10-28)7-17(9-26-19)22(23,24)25/h7,9,13-15,18,20,27H,3-6,8,10-12H2,1-2H3. The Balaban J connectivity index is 1.36. The van der Waals surface area contributed by atoms with Crippen molar-refractivity contribution in [1.29, 1.82) is 0 Å². The Morgan fingerprint density at radius 2 is 1.97 bits per heavy atom. The molecule has 4 rings (SSSR count). The van der Waals surface area contributed by atoms with Crippen LogP contribution in [0.4, 0.5) is 13.2 Å². The zero-order valence-corrected chi connectivity index (χ0v) is 17.5. The average molecular weight is 425 g/mol. The van der Waals surface area contributed by atoms with Crippen LogP contribution >= 0.6 is 0 Å². The van der Waals surface area contributed by atoms with Gasteiger partial charge in [0.05, 0.1) is 18.8 Å². The Morgan fingerprint density at radius 1 is 1.23 bits per heavy atom. The zero-order valence-electron chi connectivity index (χ0n) is 17.5. The second-order valence-electron chi connectivity index (χ2n) is 9.23. The molecule has 0 bridgehead atoms. The van der Waals surface area contributed by atoms with E-state index < -0.39 is 11.7 Å². The number of carbonyl (C=O) groups is 1. The molecule has 4 atom stereocenters. The number of hydrogen-bond donors (Lipinski definition) is 1. The van der Waals surface area contributed by atoms with Crippen molar-refractivity contribution < 1.29 is 22.7 Å². The number of nitrogens with one attached hydrogen (secondary N) is 1. The van der Waals surface area contributed by atoms with Crippen LogP contribution in [0.2, 0.25) is 0 Å². The maximum Gasteiger partial charge on any atom is 0.417 e. The van der Waals surface area contributed by atoms with Gasteiger partial charge in [-0.2, -0.15) is 13.2 Å². The SMILES string of the molecule is CC1COCC(C)C1NC1CCC(C(=O)N2CCc3ncc(C(F)(F)F)cc3C2)C1. The Hall–Kier alpha value is -1.67. The fourth-order valence-electron chi connectivity index (χ4n) is 5.19. The Kier molecular flexibility index (Phi) is 6.08. The molecule has 166 valence electrons. The highest BCUT2D eigenvalue weighted by Crippen LogP contribution is 2.33. The van der Waals surface area contributed by atoms with Gasteiger partial charge in [-0.15, -0.1) is 0 Å². The second kappa shape index (κ2) is 8.46. The van der Waals surface area contributed by atoms with E-state index in [1.807, 2.05) is 0 Å². The first-order valence-electron chi connectivity index (χ1n) is 10.9. The van der Waals surface area contributed by atoms with Crippen LogP contribution in [0.5, 0.6) is 0 Å². The molecule has 1 aliphatic carbocycles. The molecule has 4 unspecified atom stereocenters. The van der Waals surface area contributed by atoms with Gasteiger partial charge >= 0.3 is 6.18 Å². The van der Waals surface area contributed by atoms with Crippen LogP contribution in [0.15, 0.2) is 12.3 Å². The first-order valence-corrected chi connectivity index (χ1v) is 10.9. The van der Waals surface area contributed by atoms with Gasteiger partial charge in [0.1, 0.15) is 0 Å². The van der Waals surface area contributed by atoms with Gasteiger partial charge in [-0.3, -0.25) is 9.78 Å². The van der Waals surface area contributed by atoms with Crippen molar-refractivity contribution in [3.8, 4) is 0 Å². The quantitative estimate of drug-likeness (QED) is 0.807. The van der Waals surface area contributed by atoms with E-state index in [1.165, 1.54) is 0 Å². The third kappa shape index (κ3) is 4.49. The maximum atomic E-state index is 13.1. The number of hydrogen-bond acceptors (Lipinski definition) is 4. The smallest absolute Gasteiger partial charge is 0.381 e. The van der Waals surface area contributed by atoms with E-state index in [4.69, 9.17) is 4.74 Å². The number of fused-ring (bicyclic) bond motifs is 1. The van der Waals surface area contributed by atoms with Gasteiger partial charge in [-0.25, -0.2) is 0 Å². The molecule has 0 aromatic carbocycles. The molecular weight excluding hydrogens is 395 g/mol. The van der Waals surface area contributed by atoms with Gasteiger partial charge in [-0.05, 0) is 42.7 Å². The minimum atomic E-state index is -4.42. The normalized spacial score (nSPS) is 32.2. The van der Waals surface area contributed by atoms with E-state index in [-0.39, 0.29) is 18.4 Å². The van der Waals surface area contributed by atoms with Gasteiger partial charge in [0, 0.05) is 49.4 Å². The minimum Gasteiger partial charge on any atom is -0.381 e. The molecule has 1 saturated carbocycles. The summed E-state index contributed by atoms with van der Waals surface area (Å²) in [6.07, 6.45) is -0.451. The van der Waals surface area contributed by atoms with Crippen molar-refractivity contribution in [2.24, 2.45) is 17.8 Å². The van der Waals surface area contributed by atoms with Crippen LogP contribution in [0, 0.1) is 17.8 Å². The summed E-state index contributed by atoms with van der Waals surface area (Å²) < 4.78 is 44.7. The summed E-state index contributed by atoms with van der Waals surface area (Å²) in [5, 5.41) is 3.76. The molecule has 1 aromatic heterocycles. The van der Waals surface area contributed by atoms with E-state index in [0.29, 0.717) is 48.1 Å². The number of nitrogens with zero attached hydrogens (tertiary/aromatic N) is 2. The highest BCUT2D eigenvalue weighted by molar-refractivity contribution is 5.79. The zero-order chi connectivity index (χ0) is 21.5. The molecule has 0 spiro atoms. The fraction of sp³-hybridized carbons (Fsp3) is 0.727. The van der Waals surface area contributed by atoms with E-state index in [2.05, 4.69) is 24.1 Å². The van der Waals surface area contributed by atoms with Crippen molar-refractivity contribution >= 4 is 5.91 Å². The summed E-state index contributed by atoms with van der Waals surface area (Å²) in [6.45, 7) is 6.65. The Labute approximate surface area is 175 Å².